The van der Waals surface area contributed by atoms with Gasteiger partial charge in [-0.1, -0.05) is 43.3 Å². The van der Waals surface area contributed by atoms with E-state index in [1.165, 1.54) is 16.7 Å². The van der Waals surface area contributed by atoms with E-state index in [1.54, 1.807) is 0 Å². The molecule has 0 radical (unpaired) electrons. The number of amides is 1. The summed E-state index contributed by atoms with van der Waals surface area (Å²) in [5, 5.41) is 3.22. The third kappa shape index (κ3) is 4.30. The normalized spacial score (nSPS) is 17.3. The zero-order valence-corrected chi connectivity index (χ0v) is 14.8. The van der Waals surface area contributed by atoms with Crippen molar-refractivity contribution >= 4 is 24.0 Å². The number of aryl methyl sites for hydroxylation is 1. The number of anilines is 1. The molecule has 0 aliphatic heterocycles. The monoisotopic (exact) mass is 344 g/mol. The Labute approximate surface area is 150 Å². The average molecular weight is 345 g/mol. The van der Waals surface area contributed by atoms with E-state index in [1.807, 2.05) is 30.3 Å². The van der Waals surface area contributed by atoms with E-state index in [0.29, 0.717) is 6.42 Å². The van der Waals surface area contributed by atoms with Gasteiger partial charge < -0.3 is 11.1 Å². The Kier molecular flexibility index (Phi) is 6.27. The molecule has 3 nitrogen and oxygen atoms in total. The molecule has 0 heterocycles. The van der Waals surface area contributed by atoms with Gasteiger partial charge in [-0.05, 0) is 54.0 Å². The number of nitrogens with one attached hydrogen (secondary N) is 1. The van der Waals surface area contributed by atoms with Crippen LogP contribution in [0.1, 0.15) is 54.8 Å². The largest absolute Gasteiger partial charge is 0.399 e. The summed E-state index contributed by atoms with van der Waals surface area (Å²) in [6.07, 6.45) is 3.66. The molecule has 24 heavy (non-hydrogen) atoms. The molecule has 0 saturated carbocycles. The van der Waals surface area contributed by atoms with Gasteiger partial charge in [0.2, 0.25) is 5.91 Å². The van der Waals surface area contributed by atoms with Crippen molar-refractivity contribution in [2.24, 2.45) is 0 Å². The third-order valence-corrected chi connectivity index (χ3v) is 4.68. The molecule has 3 N–H and O–H groups in total. The van der Waals surface area contributed by atoms with Crippen LogP contribution in [0.3, 0.4) is 0 Å². The molecule has 0 spiro atoms. The summed E-state index contributed by atoms with van der Waals surface area (Å²) < 4.78 is 0. The maximum Gasteiger partial charge on any atom is 0.221 e. The number of halogens is 1. The van der Waals surface area contributed by atoms with Gasteiger partial charge in [0.15, 0.2) is 0 Å². The molecule has 2 aromatic carbocycles. The Morgan fingerprint density at radius 2 is 2.00 bits per heavy atom. The number of carbonyl (C=O) groups excluding carboxylic acids is 1. The second-order valence-electron chi connectivity index (χ2n) is 6.49. The Bertz CT molecular complexity index is 687. The molecule has 2 unspecified atom stereocenters. The van der Waals surface area contributed by atoms with Gasteiger partial charge in [0.1, 0.15) is 0 Å². The van der Waals surface area contributed by atoms with Crippen LogP contribution in [0.25, 0.3) is 0 Å². The predicted octanol–water partition coefficient (Wildman–Crippen LogP) is 4.38. The van der Waals surface area contributed by atoms with Crippen molar-refractivity contribution in [1.29, 1.82) is 0 Å². The van der Waals surface area contributed by atoms with Crippen LogP contribution in [0, 0.1) is 0 Å². The lowest BCUT2D eigenvalue weighted by molar-refractivity contribution is -0.122. The second-order valence-corrected chi connectivity index (χ2v) is 6.49. The van der Waals surface area contributed by atoms with Gasteiger partial charge in [0, 0.05) is 12.1 Å². The van der Waals surface area contributed by atoms with Crippen molar-refractivity contribution in [2.75, 3.05) is 5.73 Å². The Balaban J connectivity index is 0.00000208. The molecule has 1 amide bonds. The maximum atomic E-state index is 12.4. The molecule has 0 bridgehead atoms. The summed E-state index contributed by atoms with van der Waals surface area (Å²) in [7, 11) is 0. The van der Waals surface area contributed by atoms with E-state index >= 15 is 0 Å². The minimum Gasteiger partial charge on any atom is -0.399 e. The van der Waals surface area contributed by atoms with Gasteiger partial charge in [-0.25, -0.2) is 0 Å². The van der Waals surface area contributed by atoms with Crippen LogP contribution in [0.2, 0.25) is 0 Å². The smallest absolute Gasteiger partial charge is 0.221 e. The summed E-state index contributed by atoms with van der Waals surface area (Å²) in [6, 6.07) is 16.4. The first kappa shape index (κ1) is 18.3. The van der Waals surface area contributed by atoms with Crippen molar-refractivity contribution in [3.63, 3.8) is 0 Å². The standard InChI is InChI=1S/C20H24N2O.ClH/c1-14(15-6-3-2-4-7-15)12-20(23)22-19-9-5-8-16-13-17(21)10-11-18(16)19;/h2-4,6-7,10-11,13-14,19H,5,8-9,12,21H2,1H3,(H,22,23);1H. The number of carbonyl (C=O) groups is 1. The van der Waals surface area contributed by atoms with E-state index < -0.39 is 0 Å². The fraction of sp³-hybridized carbons (Fsp3) is 0.350. The van der Waals surface area contributed by atoms with Crippen molar-refractivity contribution in [1.82, 2.24) is 5.32 Å². The van der Waals surface area contributed by atoms with Crippen LogP contribution in [-0.4, -0.2) is 5.91 Å². The number of rotatable bonds is 4. The summed E-state index contributed by atoms with van der Waals surface area (Å²) in [5.74, 6) is 0.349. The SMILES string of the molecule is CC(CC(=O)NC1CCCc2cc(N)ccc21)c1ccccc1.Cl. The summed E-state index contributed by atoms with van der Waals surface area (Å²) in [4.78, 5) is 12.4. The Morgan fingerprint density at radius 3 is 2.75 bits per heavy atom. The molecule has 2 atom stereocenters. The number of nitrogen functional groups attached to an aromatic ring is 1. The fourth-order valence-electron chi connectivity index (χ4n) is 3.41. The van der Waals surface area contributed by atoms with Crippen molar-refractivity contribution in [3.8, 4) is 0 Å². The molecular weight excluding hydrogens is 320 g/mol. The van der Waals surface area contributed by atoms with Gasteiger partial charge in [0.25, 0.3) is 0 Å². The second kappa shape index (κ2) is 8.20. The number of benzene rings is 2. The molecular formula is C20H25ClN2O. The number of hydrogen-bond acceptors (Lipinski definition) is 2. The van der Waals surface area contributed by atoms with Gasteiger partial charge in [0.05, 0.1) is 6.04 Å². The number of fused-ring (bicyclic) bond motifs is 1. The minimum absolute atomic E-state index is 0. The van der Waals surface area contributed by atoms with E-state index in [9.17, 15) is 4.79 Å². The lowest BCUT2D eigenvalue weighted by atomic mass is 9.87. The predicted molar refractivity (Wildman–Crippen MR) is 101 cm³/mol. The van der Waals surface area contributed by atoms with Gasteiger partial charge in [-0.3, -0.25) is 4.79 Å². The van der Waals surface area contributed by atoms with Crippen LogP contribution in [-0.2, 0) is 11.2 Å². The van der Waals surface area contributed by atoms with Gasteiger partial charge in [-0.15, -0.1) is 12.4 Å². The van der Waals surface area contributed by atoms with E-state index in [0.717, 1.165) is 24.9 Å². The van der Waals surface area contributed by atoms with Crippen molar-refractivity contribution in [3.05, 3.63) is 65.2 Å². The lowest BCUT2D eigenvalue weighted by Gasteiger charge is -2.27. The van der Waals surface area contributed by atoms with E-state index in [4.69, 9.17) is 5.73 Å². The van der Waals surface area contributed by atoms with Crippen LogP contribution < -0.4 is 11.1 Å². The molecule has 4 heteroatoms. The average Bonchev–Trinajstić information content (AvgIpc) is 2.55. The fourth-order valence-corrected chi connectivity index (χ4v) is 3.41. The molecule has 3 rings (SSSR count). The minimum atomic E-state index is 0. The lowest BCUT2D eigenvalue weighted by Crippen LogP contribution is -2.31. The molecule has 0 aromatic heterocycles. The van der Waals surface area contributed by atoms with E-state index in [-0.39, 0.29) is 30.3 Å². The molecule has 2 aromatic rings. The van der Waals surface area contributed by atoms with Crippen molar-refractivity contribution in [2.45, 2.75) is 44.6 Å². The first-order chi connectivity index (χ1) is 11.1. The van der Waals surface area contributed by atoms with Gasteiger partial charge >= 0.3 is 0 Å². The first-order valence-corrected chi connectivity index (χ1v) is 8.36. The zero-order chi connectivity index (χ0) is 16.2. The number of nitrogens with two attached hydrogens (primary N) is 1. The Hall–Kier alpha value is -2.00. The molecule has 1 aliphatic rings. The summed E-state index contributed by atoms with van der Waals surface area (Å²) in [6.45, 7) is 2.10. The highest BCUT2D eigenvalue weighted by Gasteiger charge is 2.22. The van der Waals surface area contributed by atoms with Crippen LogP contribution >= 0.6 is 12.4 Å². The first-order valence-electron chi connectivity index (χ1n) is 8.36. The van der Waals surface area contributed by atoms with E-state index in [2.05, 4.69) is 30.4 Å². The quantitative estimate of drug-likeness (QED) is 0.809. The number of hydrogen-bond donors (Lipinski definition) is 2. The highest BCUT2D eigenvalue weighted by molar-refractivity contribution is 5.85. The maximum absolute atomic E-state index is 12.4. The van der Waals surface area contributed by atoms with Crippen LogP contribution in [0.5, 0.6) is 0 Å². The Morgan fingerprint density at radius 1 is 1.25 bits per heavy atom. The molecule has 0 fully saturated rings. The zero-order valence-electron chi connectivity index (χ0n) is 14.0. The topological polar surface area (TPSA) is 55.1 Å². The van der Waals surface area contributed by atoms with Crippen LogP contribution in [0.4, 0.5) is 5.69 Å². The molecule has 1 aliphatic carbocycles. The third-order valence-electron chi connectivity index (χ3n) is 4.68. The highest BCUT2D eigenvalue weighted by Crippen LogP contribution is 2.31. The van der Waals surface area contributed by atoms with Gasteiger partial charge in [-0.2, -0.15) is 0 Å². The summed E-state index contributed by atoms with van der Waals surface area (Å²) in [5.41, 5.74) is 10.4. The van der Waals surface area contributed by atoms with Crippen molar-refractivity contribution < 1.29 is 4.79 Å². The highest BCUT2D eigenvalue weighted by atomic mass is 35.5. The molecule has 128 valence electrons. The summed E-state index contributed by atoms with van der Waals surface area (Å²) >= 11 is 0. The van der Waals surface area contributed by atoms with Crippen LogP contribution in [0.15, 0.2) is 48.5 Å². The molecule has 0 saturated heterocycles.